The molecule has 2 heterocycles. The maximum atomic E-state index is 12.6. The Morgan fingerprint density at radius 2 is 2.10 bits per heavy atom. The first-order valence-electron chi connectivity index (χ1n) is 7.94. The summed E-state index contributed by atoms with van der Waals surface area (Å²) in [7, 11) is 1.93. The van der Waals surface area contributed by atoms with Crippen LogP contribution in [0.5, 0.6) is 0 Å². The number of carbonyl (C=O) groups is 2. The Bertz CT molecular complexity index is 400. The van der Waals surface area contributed by atoms with Gasteiger partial charge in [0.2, 0.25) is 0 Å². The zero-order valence-electron chi connectivity index (χ0n) is 13.1. The van der Waals surface area contributed by atoms with Crippen LogP contribution in [0.15, 0.2) is 0 Å². The zero-order chi connectivity index (χ0) is 15.5. The van der Waals surface area contributed by atoms with Gasteiger partial charge in [0.25, 0.3) is 0 Å². The minimum atomic E-state index is -0.771. The Hall–Kier alpha value is -1.30. The van der Waals surface area contributed by atoms with Gasteiger partial charge in [0, 0.05) is 26.2 Å². The smallest absolute Gasteiger partial charge is 0.320 e. The molecule has 2 atom stereocenters. The molecule has 0 bridgehead atoms. The molecular formula is C15H27N3O3. The lowest BCUT2D eigenvalue weighted by atomic mass is 9.84. The van der Waals surface area contributed by atoms with Crippen LogP contribution in [0.3, 0.4) is 0 Å². The lowest BCUT2D eigenvalue weighted by Gasteiger charge is -2.35. The van der Waals surface area contributed by atoms with Crippen molar-refractivity contribution in [3.05, 3.63) is 0 Å². The molecule has 2 fully saturated rings. The summed E-state index contributed by atoms with van der Waals surface area (Å²) >= 11 is 0. The standard InChI is InChI=1S/C15H27N3O3/c1-3-15(13(19)20)6-8-18(11-15)14(21)17-7-4-5-12(10-17)9-16-2/h12,16H,3-11H2,1-2H3,(H,19,20). The predicted molar refractivity (Wildman–Crippen MR) is 80.2 cm³/mol. The number of nitrogens with one attached hydrogen (secondary N) is 1. The lowest BCUT2D eigenvalue weighted by Crippen LogP contribution is -2.49. The molecule has 0 aliphatic carbocycles. The highest BCUT2D eigenvalue weighted by Gasteiger charge is 2.45. The Balaban J connectivity index is 1.96. The normalized spacial score (nSPS) is 29.7. The summed E-state index contributed by atoms with van der Waals surface area (Å²) in [6, 6.07) is 0.0207. The monoisotopic (exact) mass is 297 g/mol. The Morgan fingerprint density at radius 1 is 1.33 bits per heavy atom. The van der Waals surface area contributed by atoms with Gasteiger partial charge in [0.05, 0.1) is 5.41 Å². The Labute approximate surface area is 126 Å². The van der Waals surface area contributed by atoms with E-state index in [1.165, 1.54) is 0 Å². The first-order valence-corrected chi connectivity index (χ1v) is 7.94. The van der Waals surface area contributed by atoms with E-state index < -0.39 is 11.4 Å². The van der Waals surface area contributed by atoms with Crippen LogP contribution in [-0.2, 0) is 4.79 Å². The number of carboxylic acid groups (broad SMARTS) is 1. The molecule has 6 heteroatoms. The van der Waals surface area contributed by atoms with E-state index in [0.29, 0.717) is 31.8 Å². The number of hydrogen-bond donors (Lipinski definition) is 2. The van der Waals surface area contributed by atoms with Crippen LogP contribution < -0.4 is 5.32 Å². The molecule has 2 unspecified atom stereocenters. The minimum Gasteiger partial charge on any atom is -0.481 e. The van der Waals surface area contributed by atoms with Gasteiger partial charge in [-0.05, 0) is 45.2 Å². The Morgan fingerprint density at radius 3 is 2.67 bits per heavy atom. The first-order chi connectivity index (χ1) is 10.0. The van der Waals surface area contributed by atoms with Crippen molar-refractivity contribution in [3.8, 4) is 0 Å². The molecule has 0 spiro atoms. The van der Waals surface area contributed by atoms with Crippen molar-refractivity contribution in [1.82, 2.24) is 15.1 Å². The van der Waals surface area contributed by atoms with E-state index in [0.717, 1.165) is 32.5 Å². The molecule has 0 aromatic rings. The highest BCUT2D eigenvalue weighted by molar-refractivity contribution is 5.79. The third-order valence-electron chi connectivity index (χ3n) is 5.04. The van der Waals surface area contributed by atoms with Crippen LogP contribution in [0, 0.1) is 11.3 Å². The van der Waals surface area contributed by atoms with Crippen LogP contribution in [0.2, 0.25) is 0 Å². The topological polar surface area (TPSA) is 72.9 Å². The molecular weight excluding hydrogens is 270 g/mol. The number of amides is 2. The molecule has 2 aliphatic rings. The van der Waals surface area contributed by atoms with E-state index >= 15 is 0 Å². The number of carboxylic acids is 1. The molecule has 0 aromatic carbocycles. The van der Waals surface area contributed by atoms with E-state index in [4.69, 9.17) is 0 Å². The van der Waals surface area contributed by atoms with Gasteiger partial charge in [-0.2, -0.15) is 0 Å². The van der Waals surface area contributed by atoms with Crippen molar-refractivity contribution in [3.63, 3.8) is 0 Å². The van der Waals surface area contributed by atoms with E-state index in [2.05, 4.69) is 5.32 Å². The summed E-state index contributed by atoms with van der Waals surface area (Å²) < 4.78 is 0. The van der Waals surface area contributed by atoms with Crippen LogP contribution in [0.25, 0.3) is 0 Å². The van der Waals surface area contributed by atoms with Crippen molar-refractivity contribution in [1.29, 1.82) is 0 Å². The molecule has 6 nitrogen and oxygen atoms in total. The number of urea groups is 1. The fourth-order valence-electron chi connectivity index (χ4n) is 3.54. The van der Waals surface area contributed by atoms with Gasteiger partial charge in [-0.15, -0.1) is 0 Å². The summed E-state index contributed by atoms with van der Waals surface area (Å²) in [4.78, 5) is 27.7. The number of nitrogens with zero attached hydrogens (tertiary/aromatic N) is 2. The molecule has 0 radical (unpaired) electrons. The van der Waals surface area contributed by atoms with E-state index in [9.17, 15) is 14.7 Å². The summed E-state index contributed by atoms with van der Waals surface area (Å²) in [5.41, 5.74) is -0.740. The third-order valence-corrected chi connectivity index (χ3v) is 5.04. The SMILES string of the molecule is CCC1(C(=O)O)CCN(C(=O)N2CCCC(CNC)C2)C1. The van der Waals surface area contributed by atoms with Gasteiger partial charge >= 0.3 is 12.0 Å². The van der Waals surface area contributed by atoms with Crippen LogP contribution in [-0.4, -0.2) is 66.7 Å². The van der Waals surface area contributed by atoms with Crippen molar-refractivity contribution < 1.29 is 14.7 Å². The number of aliphatic carboxylic acids is 1. The summed E-state index contributed by atoms with van der Waals surface area (Å²) in [6.07, 6.45) is 3.33. The summed E-state index contributed by atoms with van der Waals surface area (Å²) in [5, 5.41) is 12.6. The molecule has 2 rings (SSSR count). The van der Waals surface area contributed by atoms with Gasteiger partial charge in [0.1, 0.15) is 0 Å². The second-order valence-electron chi connectivity index (χ2n) is 6.41. The predicted octanol–water partition coefficient (Wildman–Crippen LogP) is 1.22. The van der Waals surface area contributed by atoms with E-state index in [-0.39, 0.29) is 6.03 Å². The second-order valence-corrected chi connectivity index (χ2v) is 6.41. The Kier molecular flexibility index (Phi) is 5.08. The average Bonchev–Trinajstić information content (AvgIpc) is 2.93. The fourth-order valence-corrected chi connectivity index (χ4v) is 3.54. The molecule has 2 aliphatic heterocycles. The van der Waals surface area contributed by atoms with Crippen LogP contribution in [0.1, 0.15) is 32.6 Å². The largest absolute Gasteiger partial charge is 0.481 e. The molecule has 0 saturated carbocycles. The van der Waals surface area contributed by atoms with E-state index in [1.54, 1.807) is 4.90 Å². The molecule has 0 aromatic heterocycles. The van der Waals surface area contributed by atoms with E-state index in [1.807, 2.05) is 18.9 Å². The fraction of sp³-hybridized carbons (Fsp3) is 0.867. The van der Waals surface area contributed by atoms with Gasteiger partial charge in [0.15, 0.2) is 0 Å². The second kappa shape index (κ2) is 6.64. The summed E-state index contributed by atoms with van der Waals surface area (Å²) in [5.74, 6) is -0.266. The third kappa shape index (κ3) is 3.31. The van der Waals surface area contributed by atoms with Crippen molar-refractivity contribution in [2.45, 2.75) is 32.6 Å². The van der Waals surface area contributed by atoms with Crippen molar-refractivity contribution in [2.75, 3.05) is 39.8 Å². The summed E-state index contributed by atoms with van der Waals surface area (Å²) in [6.45, 7) is 5.31. The van der Waals surface area contributed by atoms with Crippen LogP contribution >= 0.6 is 0 Å². The molecule has 21 heavy (non-hydrogen) atoms. The first kappa shape index (κ1) is 16.1. The minimum absolute atomic E-state index is 0.0207. The van der Waals surface area contributed by atoms with Gasteiger partial charge in [-0.25, -0.2) is 4.79 Å². The molecule has 2 amide bonds. The van der Waals surface area contributed by atoms with Crippen molar-refractivity contribution >= 4 is 12.0 Å². The lowest BCUT2D eigenvalue weighted by molar-refractivity contribution is -0.148. The number of hydrogen-bond acceptors (Lipinski definition) is 3. The van der Waals surface area contributed by atoms with Crippen molar-refractivity contribution in [2.24, 2.45) is 11.3 Å². The molecule has 120 valence electrons. The average molecular weight is 297 g/mol. The highest BCUT2D eigenvalue weighted by Crippen LogP contribution is 2.35. The quantitative estimate of drug-likeness (QED) is 0.818. The number of rotatable bonds is 4. The molecule has 2 saturated heterocycles. The van der Waals surface area contributed by atoms with Gasteiger partial charge < -0.3 is 20.2 Å². The van der Waals surface area contributed by atoms with Gasteiger partial charge in [-0.1, -0.05) is 6.92 Å². The van der Waals surface area contributed by atoms with Crippen LogP contribution in [0.4, 0.5) is 4.79 Å². The number of carbonyl (C=O) groups excluding carboxylic acids is 1. The zero-order valence-corrected chi connectivity index (χ0v) is 13.1. The highest BCUT2D eigenvalue weighted by atomic mass is 16.4. The maximum absolute atomic E-state index is 12.6. The molecule has 2 N–H and O–H groups in total. The number of piperidine rings is 1. The maximum Gasteiger partial charge on any atom is 0.320 e. The number of likely N-dealkylation sites (tertiary alicyclic amines) is 2. The van der Waals surface area contributed by atoms with Gasteiger partial charge in [-0.3, -0.25) is 4.79 Å².